The van der Waals surface area contributed by atoms with Crippen molar-refractivity contribution in [1.82, 2.24) is 0 Å². The lowest BCUT2D eigenvalue weighted by molar-refractivity contribution is 1.15. The van der Waals surface area contributed by atoms with Crippen molar-refractivity contribution in [2.45, 2.75) is 6.42 Å². The molecule has 76 valence electrons. The summed E-state index contributed by atoms with van der Waals surface area (Å²) in [5.41, 5.74) is 5.06. The number of rotatable bonds is 0. The Kier molecular flexibility index (Phi) is 1.43. The third-order valence-corrected chi connectivity index (χ3v) is 3.30. The summed E-state index contributed by atoms with van der Waals surface area (Å²) in [6, 6.07) is 4.28. The highest BCUT2D eigenvalue weighted by Gasteiger charge is 2.17. The average Bonchev–Trinajstić information content (AvgIpc) is 2.57. The summed E-state index contributed by atoms with van der Waals surface area (Å²) in [6.45, 7) is 0.777. The van der Waals surface area contributed by atoms with E-state index in [2.05, 4.69) is 40.3 Å². The molecule has 0 atom stereocenters. The van der Waals surface area contributed by atoms with Gasteiger partial charge in [0.25, 0.3) is 0 Å². The lowest BCUT2D eigenvalue weighted by Gasteiger charge is -2.07. The molecule has 2 heterocycles. The molecule has 1 aliphatic carbocycles. The molecule has 0 N–H and O–H groups in total. The van der Waals surface area contributed by atoms with Gasteiger partial charge in [-0.2, -0.15) is 0 Å². The molecule has 0 spiro atoms. The first-order valence-corrected chi connectivity index (χ1v) is 5.54. The molecule has 1 aromatic carbocycles. The number of benzene rings is 1. The summed E-state index contributed by atoms with van der Waals surface area (Å²) >= 11 is 0. The van der Waals surface area contributed by atoms with Gasteiger partial charge in [-0.15, -0.1) is 0 Å². The van der Waals surface area contributed by atoms with Gasteiger partial charge < -0.3 is 0 Å². The minimum Gasteiger partial charge on any atom is -0.289 e. The largest absolute Gasteiger partial charge is 0.289 e. The number of aliphatic imine (C=N–C) groups is 1. The summed E-state index contributed by atoms with van der Waals surface area (Å²) in [5, 5.41) is 2.44. The number of hydrogen-bond donors (Lipinski definition) is 0. The molecule has 0 saturated heterocycles. The Hall–Kier alpha value is -1.96. The molecular weight excluding hydrogens is 196 g/mol. The molecule has 0 aromatic heterocycles. The molecular formula is C14H10N2. The van der Waals surface area contributed by atoms with Gasteiger partial charge in [0.2, 0.25) is 0 Å². The Balaban J connectivity index is 2.27. The first kappa shape index (κ1) is 8.22. The van der Waals surface area contributed by atoms with E-state index in [0.29, 0.717) is 0 Å². The molecule has 16 heavy (non-hydrogen) atoms. The van der Waals surface area contributed by atoms with Crippen molar-refractivity contribution < 1.29 is 0 Å². The van der Waals surface area contributed by atoms with Crippen LogP contribution in [0.1, 0.15) is 17.5 Å². The molecule has 0 unspecified atom stereocenters. The van der Waals surface area contributed by atoms with Crippen molar-refractivity contribution in [2.24, 2.45) is 9.98 Å². The summed E-state index contributed by atoms with van der Waals surface area (Å²) in [6.07, 6.45) is 9.43. The summed E-state index contributed by atoms with van der Waals surface area (Å²) in [5.74, 6) is 0. The maximum atomic E-state index is 4.62. The van der Waals surface area contributed by atoms with Crippen LogP contribution in [0.25, 0.3) is 17.7 Å². The SMILES string of the molecule is C1=NC/C=C\c2c3c4ccc2=C1CC(=C3)N=4. The van der Waals surface area contributed by atoms with E-state index in [-0.39, 0.29) is 0 Å². The van der Waals surface area contributed by atoms with Gasteiger partial charge in [0.05, 0.1) is 11.9 Å². The molecule has 5 bridgehead atoms. The number of allylic oxidation sites excluding steroid dienone is 1. The monoisotopic (exact) mass is 206 g/mol. The normalized spacial score (nSPS) is 21.0. The Morgan fingerprint density at radius 1 is 1.12 bits per heavy atom. The van der Waals surface area contributed by atoms with E-state index in [1.54, 1.807) is 0 Å². The van der Waals surface area contributed by atoms with Gasteiger partial charge >= 0.3 is 0 Å². The minimum atomic E-state index is 0.777. The molecule has 2 nitrogen and oxygen atoms in total. The van der Waals surface area contributed by atoms with Crippen molar-refractivity contribution in [3.05, 3.63) is 45.6 Å². The predicted octanol–water partition coefficient (Wildman–Crippen LogP) is 1.31. The second-order valence-electron chi connectivity index (χ2n) is 4.31. The van der Waals surface area contributed by atoms with Crippen LogP contribution in [0.4, 0.5) is 0 Å². The number of hydrogen-bond acceptors (Lipinski definition) is 2. The molecule has 0 radical (unpaired) electrons. The van der Waals surface area contributed by atoms with Crippen molar-refractivity contribution >= 4 is 23.9 Å². The van der Waals surface area contributed by atoms with E-state index < -0.39 is 0 Å². The van der Waals surface area contributed by atoms with Crippen molar-refractivity contribution in [2.75, 3.05) is 6.54 Å². The van der Waals surface area contributed by atoms with Crippen LogP contribution in [0.2, 0.25) is 0 Å². The number of nitrogens with zero attached hydrogens (tertiary/aromatic N) is 2. The van der Waals surface area contributed by atoms with Crippen molar-refractivity contribution in [1.29, 1.82) is 0 Å². The van der Waals surface area contributed by atoms with E-state index in [4.69, 9.17) is 0 Å². The van der Waals surface area contributed by atoms with E-state index >= 15 is 0 Å². The predicted molar refractivity (Wildman–Crippen MR) is 65.6 cm³/mol. The van der Waals surface area contributed by atoms with E-state index in [1.165, 1.54) is 27.6 Å². The Labute approximate surface area is 93.1 Å². The van der Waals surface area contributed by atoms with E-state index in [9.17, 15) is 0 Å². The second-order valence-corrected chi connectivity index (χ2v) is 4.31. The maximum absolute atomic E-state index is 4.62. The average molecular weight is 206 g/mol. The fraction of sp³-hybridized carbons (Fsp3) is 0.143. The third kappa shape index (κ3) is 0.963. The van der Waals surface area contributed by atoms with E-state index in [1.807, 2.05) is 6.21 Å². The van der Waals surface area contributed by atoms with Crippen LogP contribution in [-0.4, -0.2) is 12.8 Å². The Bertz CT molecular complexity index is 703. The lowest BCUT2D eigenvalue weighted by atomic mass is 10.0. The zero-order valence-electron chi connectivity index (χ0n) is 8.77. The molecule has 1 aromatic rings. The quantitative estimate of drug-likeness (QED) is 0.611. The Morgan fingerprint density at radius 3 is 3.12 bits per heavy atom. The highest BCUT2D eigenvalue weighted by atomic mass is 14.8. The highest BCUT2D eigenvalue weighted by Crippen LogP contribution is 2.24. The van der Waals surface area contributed by atoms with Gasteiger partial charge in [0.15, 0.2) is 0 Å². The highest BCUT2D eigenvalue weighted by molar-refractivity contribution is 6.04. The second kappa shape index (κ2) is 2.79. The van der Waals surface area contributed by atoms with Crippen LogP contribution in [0, 0.1) is 0 Å². The van der Waals surface area contributed by atoms with Gasteiger partial charge in [0.1, 0.15) is 0 Å². The fourth-order valence-electron chi connectivity index (χ4n) is 2.58. The summed E-state index contributed by atoms with van der Waals surface area (Å²) in [7, 11) is 0. The van der Waals surface area contributed by atoms with Gasteiger partial charge in [0, 0.05) is 23.9 Å². The molecule has 3 aliphatic rings. The lowest BCUT2D eigenvalue weighted by Crippen LogP contribution is -2.20. The molecule has 0 fully saturated rings. The zero-order valence-corrected chi connectivity index (χ0v) is 8.77. The summed E-state index contributed by atoms with van der Waals surface area (Å²) < 4.78 is 0. The van der Waals surface area contributed by atoms with Crippen LogP contribution in [0.5, 0.6) is 0 Å². The first-order valence-electron chi connectivity index (χ1n) is 5.54. The zero-order chi connectivity index (χ0) is 10.5. The van der Waals surface area contributed by atoms with Crippen LogP contribution in [-0.2, 0) is 0 Å². The van der Waals surface area contributed by atoms with Crippen LogP contribution in [0.15, 0.2) is 33.9 Å². The topological polar surface area (TPSA) is 24.7 Å². The van der Waals surface area contributed by atoms with E-state index in [0.717, 1.165) is 18.3 Å². The van der Waals surface area contributed by atoms with Crippen LogP contribution >= 0.6 is 0 Å². The molecule has 2 aliphatic heterocycles. The molecule has 0 saturated carbocycles. The third-order valence-electron chi connectivity index (χ3n) is 3.30. The maximum Gasteiger partial charge on any atom is 0.0712 e. The van der Waals surface area contributed by atoms with Crippen molar-refractivity contribution in [3.8, 4) is 0 Å². The van der Waals surface area contributed by atoms with Crippen LogP contribution in [0.3, 0.4) is 0 Å². The minimum absolute atomic E-state index is 0.777. The fourth-order valence-corrected chi connectivity index (χ4v) is 2.58. The summed E-state index contributed by atoms with van der Waals surface area (Å²) in [4.78, 5) is 9.01. The molecule has 4 rings (SSSR count). The molecule has 2 heteroatoms. The molecule has 0 amide bonds. The van der Waals surface area contributed by atoms with Gasteiger partial charge in [-0.3, -0.25) is 9.98 Å². The van der Waals surface area contributed by atoms with Crippen LogP contribution < -0.4 is 10.6 Å². The van der Waals surface area contributed by atoms with Crippen molar-refractivity contribution in [3.63, 3.8) is 0 Å². The van der Waals surface area contributed by atoms with Gasteiger partial charge in [-0.25, -0.2) is 0 Å². The smallest absolute Gasteiger partial charge is 0.0712 e. The van der Waals surface area contributed by atoms with Gasteiger partial charge in [-0.05, 0) is 28.5 Å². The van der Waals surface area contributed by atoms with Gasteiger partial charge in [-0.1, -0.05) is 18.2 Å². The standard InChI is InChI=1S/C14H10N2/c1-2-12-11-3-4-14-13(12)7-10(16-14)6-9(11)8-15-5-1/h1-4,7-8H,5-6H2/b2-1-,15-8?. The first-order chi connectivity index (χ1) is 7.92. The Morgan fingerprint density at radius 2 is 2.12 bits per heavy atom.